The van der Waals surface area contributed by atoms with Crippen molar-refractivity contribution in [2.45, 2.75) is 25.9 Å². The van der Waals surface area contributed by atoms with E-state index < -0.39 is 27.6 Å². The van der Waals surface area contributed by atoms with E-state index in [0.717, 1.165) is 0 Å². The van der Waals surface area contributed by atoms with E-state index >= 15 is 0 Å². The van der Waals surface area contributed by atoms with Crippen LogP contribution in [0.15, 0.2) is 36.4 Å². The molecule has 1 heterocycles. The summed E-state index contributed by atoms with van der Waals surface area (Å²) in [6.45, 7) is 2.38. The van der Waals surface area contributed by atoms with Gasteiger partial charge in [0, 0.05) is 18.4 Å². The zero-order chi connectivity index (χ0) is 21.8. The first kappa shape index (κ1) is 21.6. The molecule has 0 aliphatic carbocycles. The normalized spacial score (nSPS) is 14.0. The summed E-state index contributed by atoms with van der Waals surface area (Å²) in [5, 5.41) is 11.4. The maximum atomic E-state index is 13.1. The van der Waals surface area contributed by atoms with Gasteiger partial charge in [-0.15, -0.1) is 0 Å². The van der Waals surface area contributed by atoms with Crippen molar-refractivity contribution < 1.29 is 27.6 Å². The minimum absolute atomic E-state index is 0.0533. The van der Waals surface area contributed by atoms with Crippen LogP contribution in [0, 0.1) is 10.1 Å². The molecule has 0 saturated carbocycles. The van der Waals surface area contributed by atoms with Crippen LogP contribution in [-0.4, -0.2) is 43.6 Å². The fourth-order valence-corrected chi connectivity index (χ4v) is 4.12. The van der Waals surface area contributed by atoms with Gasteiger partial charge in [0.15, 0.2) is 11.5 Å². The Morgan fingerprint density at radius 2 is 2.00 bits per heavy atom. The van der Waals surface area contributed by atoms with Gasteiger partial charge in [0.05, 0.1) is 24.7 Å². The van der Waals surface area contributed by atoms with Crippen molar-refractivity contribution in [3.63, 3.8) is 0 Å². The van der Waals surface area contributed by atoms with E-state index in [-0.39, 0.29) is 30.0 Å². The van der Waals surface area contributed by atoms with Crippen LogP contribution >= 0.6 is 0 Å². The van der Waals surface area contributed by atoms with E-state index in [1.54, 1.807) is 24.3 Å². The molecule has 0 radical (unpaired) electrons. The molecule has 1 amide bonds. The minimum Gasteiger partial charge on any atom is -0.493 e. The predicted molar refractivity (Wildman–Crippen MR) is 110 cm³/mol. The van der Waals surface area contributed by atoms with E-state index in [1.165, 1.54) is 24.1 Å². The van der Waals surface area contributed by atoms with Crippen LogP contribution in [0.5, 0.6) is 11.5 Å². The van der Waals surface area contributed by atoms with Crippen molar-refractivity contribution >= 4 is 22.3 Å². The van der Waals surface area contributed by atoms with E-state index in [9.17, 15) is 23.3 Å². The third-order valence-electron chi connectivity index (χ3n) is 4.97. The topological polar surface area (TPSA) is 116 Å². The highest BCUT2D eigenvalue weighted by atomic mass is 32.2. The Labute approximate surface area is 175 Å². The summed E-state index contributed by atoms with van der Waals surface area (Å²) in [5.41, 5.74) is 1.01. The summed E-state index contributed by atoms with van der Waals surface area (Å²) in [7, 11) is -1.14. The largest absolute Gasteiger partial charge is 0.493 e. The predicted octanol–water partition coefficient (Wildman–Crippen LogP) is 2.70. The van der Waals surface area contributed by atoms with Crippen molar-refractivity contribution in [1.82, 2.24) is 4.90 Å². The lowest BCUT2D eigenvalue weighted by Crippen LogP contribution is -2.30. The van der Waals surface area contributed by atoms with Gasteiger partial charge in [-0.2, -0.15) is 0 Å². The fourth-order valence-electron chi connectivity index (χ4n) is 3.67. The Morgan fingerprint density at radius 1 is 1.23 bits per heavy atom. The molecule has 0 N–H and O–H groups in total. The summed E-state index contributed by atoms with van der Waals surface area (Å²) in [4.78, 5) is 25.4. The molecular formula is C20H22N2O7S. The van der Waals surface area contributed by atoms with Crippen LogP contribution < -0.4 is 9.47 Å². The van der Waals surface area contributed by atoms with Gasteiger partial charge in [-0.3, -0.25) is 14.9 Å². The lowest BCUT2D eigenvalue weighted by atomic mass is 10.0. The molecular weight excluding hydrogens is 412 g/mol. The molecule has 1 aliphatic heterocycles. The molecule has 0 aromatic heterocycles. The number of nitro benzene ring substituents is 1. The highest BCUT2D eigenvalue weighted by Gasteiger charge is 2.38. The van der Waals surface area contributed by atoms with Crippen LogP contribution in [0.2, 0.25) is 0 Å². The van der Waals surface area contributed by atoms with Crippen LogP contribution in [0.25, 0.3) is 0 Å². The maximum absolute atomic E-state index is 13.1. The molecule has 1 aliphatic rings. The quantitative estimate of drug-likeness (QED) is 0.366. The molecule has 1 unspecified atom stereocenters. The van der Waals surface area contributed by atoms with E-state index in [4.69, 9.17) is 9.47 Å². The number of hydrogen-bond acceptors (Lipinski definition) is 7. The zero-order valence-corrected chi connectivity index (χ0v) is 17.5. The van der Waals surface area contributed by atoms with E-state index in [1.807, 2.05) is 6.92 Å². The van der Waals surface area contributed by atoms with Gasteiger partial charge in [-0.25, -0.2) is 8.42 Å². The SMILES string of the molecule is CCOc1cc(C(CC[SH](=O)=O)N2Cc3cccc([N+](=O)[O-])c3C2=O)ccc1OC. The number of nitro groups is 1. The number of benzene rings is 2. The van der Waals surface area contributed by atoms with Gasteiger partial charge in [0.2, 0.25) is 0 Å². The minimum atomic E-state index is -2.65. The summed E-state index contributed by atoms with van der Waals surface area (Å²) >= 11 is 0. The molecule has 160 valence electrons. The number of carbonyl (C=O) groups is 1. The molecule has 0 fully saturated rings. The van der Waals surface area contributed by atoms with E-state index in [0.29, 0.717) is 29.2 Å². The second kappa shape index (κ2) is 9.12. The summed E-state index contributed by atoms with van der Waals surface area (Å²) in [6, 6.07) is 9.07. The van der Waals surface area contributed by atoms with Gasteiger partial charge < -0.3 is 14.4 Å². The summed E-state index contributed by atoms with van der Waals surface area (Å²) in [5.74, 6) is 0.375. The molecule has 2 aromatic carbocycles. The van der Waals surface area contributed by atoms with Crippen molar-refractivity contribution in [3.05, 3.63) is 63.2 Å². The molecule has 0 spiro atoms. The van der Waals surface area contributed by atoms with E-state index in [2.05, 4.69) is 0 Å². The second-order valence-electron chi connectivity index (χ2n) is 6.71. The molecule has 1 atom stereocenters. The lowest BCUT2D eigenvalue weighted by Gasteiger charge is -2.28. The molecule has 9 nitrogen and oxygen atoms in total. The smallest absolute Gasteiger partial charge is 0.282 e. The number of methoxy groups -OCH3 is 1. The summed E-state index contributed by atoms with van der Waals surface area (Å²) in [6.07, 6.45) is 0.157. The summed E-state index contributed by atoms with van der Waals surface area (Å²) < 4.78 is 33.4. The Bertz CT molecular complexity index is 1040. The standard InChI is InChI=1S/C20H22N2O7S/c1-3-29-18-11-13(7-8-17(18)28-2)15(9-10-30(26)27)21-12-14-5-4-6-16(22(24)25)19(14)20(21)23/h4-8,11,15,30H,3,9-10,12H2,1-2H3. The number of rotatable bonds is 9. The first-order valence-electron chi connectivity index (χ1n) is 9.37. The number of nitrogens with zero attached hydrogens (tertiary/aromatic N) is 2. The van der Waals surface area contributed by atoms with Crippen LogP contribution in [0.4, 0.5) is 5.69 Å². The Kier molecular flexibility index (Phi) is 6.56. The average Bonchev–Trinajstić information content (AvgIpc) is 3.05. The van der Waals surface area contributed by atoms with Crippen molar-refractivity contribution in [2.75, 3.05) is 19.5 Å². The third-order valence-corrected chi connectivity index (χ3v) is 5.60. The van der Waals surface area contributed by atoms with Gasteiger partial charge >= 0.3 is 0 Å². The second-order valence-corrected chi connectivity index (χ2v) is 7.82. The Morgan fingerprint density at radius 3 is 2.63 bits per heavy atom. The monoisotopic (exact) mass is 434 g/mol. The number of ether oxygens (including phenoxy) is 2. The molecule has 30 heavy (non-hydrogen) atoms. The van der Waals surface area contributed by atoms with Crippen molar-refractivity contribution in [2.24, 2.45) is 0 Å². The Balaban J connectivity index is 2.03. The number of hydrogen-bond donors (Lipinski definition) is 1. The molecule has 2 aromatic rings. The highest BCUT2D eigenvalue weighted by molar-refractivity contribution is 7.72. The van der Waals surface area contributed by atoms with Crippen molar-refractivity contribution in [3.8, 4) is 11.5 Å². The average molecular weight is 434 g/mol. The molecule has 3 rings (SSSR count). The Hall–Kier alpha value is -3.14. The molecule has 0 bridgehead atoms. The first-order chi connectivity index (χ1) is 14.4. The number of amides is 1. The van der Waals surface area contributed by atoms with Crippen molar-refractivity contribution in [1.29, 1.82) is 0 Å². The van der Waals surface area contributed by atoms with Gasteiger partial charge in [-0.1, -0.05) is 18.2 Å². The number of thiol groups is 1. The highest BCUT2D eigenvalue weighted by Crippen LogP contribution is 2.39. The third kappa shape index (κ3) is 4.23. The number of fused-ring (bicyclic) bond motifs is 1. The fraction of sp³-hybridized carbons (Fsp3) is 0.350. The first-order valence-corrected chi connectivity index (χ1v) is 10.7. The zero-order valence-electron chi connectivity index (χ0n) is 16.6. The number of carbonyl (C=O) groups excluding carboxylic acids is 1. The van der Waals surface area contributed by atoms with Crippen LogP contribution in [0.3, 0.4) is 0 Å². The van der Waals surface area contributed by atoms with Gasteiger partial charge in [0.1, 0.15) is 16.3 Å². The molecule has 0 saturated heterocycles. The molecule has 10 heteroatoms. The van der Waals surface area contributed by atoms with Gasteiger partial charge in [0.25, 0.3) is 11.6 Å². The maximum Gasteiger partial charge on any atom is 0.282 e. The van der Waals surface area contributed by atoms with Crippen LogP contribution in [0.1, 0.15) is 40.9 Å². The van der Waals surface area contributed by atoms with Crippen LogP contribution in [-0.2, 0) is 17.2 Å². The lowest BCUT2D eigenvalue weighted by molar-refractivity contribution is -0.385. The van der Waals surface area contributed by atoms with Gasteiger partial charge in [-0.05, 0) is 36.6 Å².